The van der Waals surface area contributed by atoms with Crippen molar-refractivity contribution >= 4 is 21.6 Å². The molecule has 0 saturated carbocycles. The van der Waals surface area contributed by atoms with Gasteiger partial charge in [-0.15, -0.1) is 0 Å². The molecular weight excluding hydrogens is 382 g/mol. The van der Waals surface area contributed by atoms with E-state index < -0.39 is 10.0 Å². The van der Waals surface area contributed by atoms with Crippen LogP contribution in [0.5, 0.6) is 0 Å². The second-order valence-corrected chi connectivity index (χ2v) is 8.39. The number of rotatable bonds is 6. The van der Waals surface area contributed by atoms with Gasteiger partial charge in [0.05, 0.1) is 12.5 Å². The number of amides is 1. The maximum Gasteiger partial charge on any atom is 0.262 e. The fraction of sp³-hybridized carbons (Fsp3) is 0.278. The Bertz CT molecular complexity index is 1070. The van der Waals surface area contributed by atoms with Crippen molar-refractivity contribution in [2.75, 3.05) is 18.4 Å². The Hall–Kier alpha value is -2.98. The molecule has 0 aliphatic carbocycles. The standard InChI is InChI=1S/C18H19N5O4S/c24-17(21-15-5-3-4-14(10-15)16-6-7-20-27-16)11-22-12-18(19-13-22)28(25,26)23-8-1-2-9-23/h3-7,10,12-13H,1-2,8-9,11H2,(H,21,24). The Morgan fingerprint density at radius 1 is 1.21 bits per heavy atom. The number of sulfonamides is 1. The van der Waals surface area contributed by atoms with E-state index in [2.05, 4.69) is 15.5 Å². The van der Waals surface area contributed by atoms with Gasteiger partial charge in [-0.1, -0.05) is 17.3 Å². The van der Waals surface area contributed by atoms with Gasteiger partial charge in [0.1, 0.15) is 6.54 Å². The third kappa shape index (κ3) is 3.82. The highest BCUT2D eigenvalue weighted by atomic mass is 32.2. The lowest BCUT2D eigenvalue weighted by Crippen LogP contribution is -2.28. The third-order valence-corrected chi connectivity index (χ3v) is 6.26. The number of benzene rings is 1. The largest absolute Gasteiger partial charge is 0.356 e. The van der Waals surface area contributed by atoms with Crippen LogP contribution in [0.2, 0.25) is 0 Å². The molecule has 1 saturated heterocycles. The van der Waals surface area contributed by atoms with E-state index in [0.29, 0.717) is 24.5 Å². The first-order valence-corrected chi connectivity index (χ1v) is 10.3. The zero-order valence-corrected chi connectivity index (χ0v) is 15.8. The minimum atomic E-state index is -3.59. The van der Waals surface area contributed by atoms with Crippen LogP contribution in [0, 0.1) is 0 Å². The van der Waals surface area contributed by atoms with Gasteiger partial charge in [-0.3, -0.25) is 4.79 Å². The summed E-state index contributed by atoms with van der Waals surface area (Å²) in [5.41, 5.74) is 1.39. The van der Waals surface area contributed by atoms with Crippen LogP contribution in [0.1, 0.15) is 12.8 Å². The number of carbonyl (C=O) groups is 1. The minimum Gasteiger partial charge on any atom is -0.356 e. The monoisotopic (exact) mass is 401 g/mol. The fourth-order valence-corrected chi connectivity index (χ4v) is 4.55. The van der Waals surface area contributed by atoms with Gasteiger partial charge in [-0.2, -0.15) is 4.31 Å². The van der Waals surface area contributed by atoms with Gasteiger partial charge in [0, 0.05) is 36.6 Å². The molecule has 1 N–H and O–H groups in total. The Morgan fingerprint density at radius 3 is 2.79 bits per heavy atom. The van der Waals surface area contributed by atoms with Crippen LogP contribution in [-0.2, 0) is 21.4 Å². The lowest BCUT2D eigenvalue weighted by molar-refractivity contribution is -0.116. The van der Waals surface area contributed by atoms with Gasteiger partial charge in [-0.05, 0) is 25.0 Å². The zero-order chi connectivity index (χ0) is 19.6. The fourth-order valence-electron chi connectivity index (χ4n) is 3.10. The van der Waals surface area contributed by atoms with Crippen molar-refractivity contribution < 1.29 is 17.7 Å². The molecule has 0 spiro atoms. The lowest BCUT2D eigenvalue weighted by atomic mass is 10.1. The predicted molar refractivity (Wildman–Crippen MR) is 101 cm³/mol. The lowest BCUT2D eigenvalue weighted by Gasteiger charge is -2.12. The molecule has 1 aromatic carbocycles. The van der Waals surface area contributed by atoms with Crippen molar-refractivity contribution in [3.05, 3.63) is 49.1 Å². The van der Waals surface area contributed by atoms with Crippen molar-refractivity contribution in [3.8, 4) is 11.3 Å². The van der Waals surface area contributed by atoms with Crippen LogP contribution >= 0.6 is 0 Å². The molecule has 0 radical (unpaired) electrons. The van der Waals surface area contributed by atoms with E-state index in [1.165, 1.54) is 21.4 Å². The average molecular weight is 401 g/mol. The first-order valence-electron chi connectivity index (χ1n) is 8.85. The number of hydrogen-bond donors (Lipinski definition) is 1. The summed E-state index contributed by atoms with van der Waals surface area (Å²) >= 11 is 0. The van der Waals surface area contributed by atoms with Gasteiger partial charge >= 0.3 is 0 Å². The van der Waals surface area contributed by atoms with Gasteiger partial charge in [0.2, 0.25) is 5.91 Å². The maximum absolute atomic E-state index is 12.5. The van der Waals surface area contributed by atoms with E-state index in [1.54, 1.807) is 30.5 Å². The molecule has 1 amide bonds. The van der Waals surface area contributed by atoms with Crippen molar-refractivity contribution in [2.24, 2.45) is 0 Å². The van der Waals surface area contributed by atoms with Gasteiger partial charge in [0.15, 0.2) is 10.8 Å². The summed E-state index contributed by atoms with van der Waals surface area (Å²) in [6.07, 6.45) is 6.00. The van der Waals surface area contributed by atoms with Gasteiger partial charge < -0.3 is 14.4 Å². The minimum absolute atomic E-state index is 0.0329. The molecule has 3 aromatic rings. The van der Waals surface area contributed by atoms with Crippen molar-refractivity contribution in [2.45, 2.75) is 24.4 Å². The van der Waals surface area contributed by atoms with Crippen molar-refractivity contribution in [1.82, 2.24) is 19.0 Å². The SMILES string of the molecule is O=C(Cn1cnc(S(=O)(=O)N2CCCC2)c1)Nc1cccc(-c2ccno2)c1. The molecule has 0 bridgehead atoms. The van der Waals surface area contributed by atoms with E-state index >= 15 is 0 Å². The van der Waals surface area contributed by atoms with Crippen LogP contribution in [0.25, 0.3) is 11.3 Å². The second kappa shape index (κ2) is 7.56. The number of aromatic nitrogens is 3. The van der Waals surface area contributed by atoms with E-state index in [-0.39, 0.29) is 17.5 Å². The number of nitrogens with zero attached hydrogens (tertiary/aromatic N) is 4. The first kappa shape index (κ1) is 18.4. The summed E-state index contributed by atoms with van der Waals surface area (Å²) in [5, 5.41) is 6.42. The van der Waals surface area contributed by atoms with Crippen LogP contribution < -0.4 is 5.32 Å². The van der Waals surface area contributed by atoms with Gasteiger partial charge in [-0.25, -0.2) is 13.4 Å². The Balaban J connectivity index is 1.42. The third-order valence-electron chi connectivity index (χ3n) is 4.47. The molecule has 0 unspecified atom stereocenters. The Morgan fingerprint density at radius 2 is 2.04 bits per heavy atom. The quantitative estimate of drug-likeness (QED) is 0.676. The smallest absolute Gasteiger partial charge is 0.262 e. The summed E-state index contributed by atoms with van der Waals surface area (Å²) < 4.78 is 33.0. The molecule has 4 rings (SSSR count). The number of anilines is 1. The van der Waals surface area contributed by atoms with Crippen molar-refractivity contribution in [1.29, 1.82) is 0 Å². The molecule has 0 atom stereocenters. The molecule has 1 aliphatic rings. The summed E-state index contributed by atoms with van der Waals surface area (Å²) in [7, 11) is -3.59. The molecule has 28 heavy (non-hydrogen) atoms. The topological polar surface area (TPSA) is 110 Å². The van der Waals surface area contributed by atoms with E-state index in [4.69, 9.17) is 4.52 Å². The number of carbonyl (C=O) groups excluding carboxylic acids is 1. The Labute approximate surface area is 162 Å². The Kier molecular flexibility index (Phi) is 4.97. The molecule has 1 aliphatic heterocycles. The predicted octanol–water partition coefficient (Wildman–Crippen LogP) is 1.96. The summed E-state index contributed by atoms with van der Waals surface area (Å²) in [4.78, 5) is 16.3. The average Bonchev–Trinajstić information content (AvgIpc) is 3.43. The molecule has 10 heteroatoms. The molecule has 1 fully saturated rings. The van der Waals surface area contributed by atoms with Crippen molar-refractivity contribution in [3.63, 3.8) is 0 Å². The normalized spacial score (nSPS) is 15.0. The second-order valence-electron chi connectivity index (χ2n) is 6.50. The molecule has 9 nitrogen and oxygen atoms in total. The maximum atomic E-state index is 12.5. The van der Waals surface area contributed by atoms with E-state index in [1.807, 2.05) is 6.07 Å². The highest BCUT2D eigenvalue weighted by molar-refractivity contribution is 7.89. The van der Waals surface area contributed by atoms with Crippen LogP contribution in [-0.4, -0.2) is 46.4 Å². The van der Waals surface area contributed by atoms with Gasteiger partial charge in [0.25, 0.3) is 10.0 Å². The zero-order valence-electron chi connectivity index (χ0n) is 15.0. The van der Waals surface area contributed by atoms with Crippen LogP contribution in [0.3, 0.4) is 0 Å². The van der Waals surface area contributed by atoms with E-state index in [0.717, 1.165) is 18.4 Å². The number of nitrogens with one attached hydrogen (secondary N) is 1. The molecular formula is C18H19N5O4S. The number of hydrogen-bond acceptors (Lipinski definition) is 6. The molecule has 146 valence electrons. The highest BCUT2D eigenvalue weighted by Gasteiger charge is 2.29. The summed E-state index contributed by atoms with van der Waals surface area (Å²) in [5.74, 6) is 0.305. The van der Waals surface area contributed by atoms with E-state index in [9.17, 15) is 13.2 Å². The highest BCUT2D eigenvalue weighted by Crippen LogP contribution is 2.22. The van der Waals surface area contributed by atoms with Crippen LogP contribution in [0.4, 0.5) is 5.69 Å². The summed E-state index contributed by atoms with van der Waals surface area (Å²) in [6.45, 7) is 0.976. The van der Waals surface area contributed by atoms with Crippen LogP contribution in [0.15, 0.2) is 58.6 Å². The first-order chi connectivity index (χ1) is 13.5. The molecule has 2 aromatic heterocycles. The number of imidazole rings is 1. The summed E-state index contributed by atoms with van der Waals surface area (Å²) in [6, 6.07) is 8.91. The molecule has 3 heterocycles.